The minimum atomic E-state index is -1.06. The first-order chi connectivity index (χ1) is 3.12. The van der Waals surface area contributed by atoms with Crippen molar-refractivity contribution in [3.8, 4) is 6.07 Å². The molecule has 0 heterocycles. The van der Waals surface area contributed by atoms with Gasteiger partial charge in [0, 0.05) is 0 Å². The van der Waals surface area contributed by atoms with Crippen molar-refractivity contribution in [3.05, 3.63) is 0 Å². The first-order valence-electron chi connectivity index (χ1n) is 1.93. The van der Waals surface area contributed by atoms with Gasteiger partial charge < -0.3 is 10.8 Å². The molecule has 0 aliphatic rings. The fraction of sp³-hybridized carbons (Fsp3) is 0.750. The lowest BCUT2D eigenvalue weighted by Gasteiger charge is -2.08. The number of hydrogen-bond donors (Lipinski definition) is 2. The third-order valence-corrected chi connectivity index (χ3v) is 0.584. The molecule has 0 radical (unpaired) electrons. The van der Waals surface area contributed by atoms with E-state index in [2.05, 4.69) is 0 Å². The number of nitrogens with two attached hydrogens (primary N) is 1. The Kier molecular flexibility index (Phi) is 4.88. The maximum Gasteiger partial charge on any atom is 0.124 e. The molecule has 3 nitrogen and oxygen atoms in total. The Bertz CT molecular complexity index is 96.7. The van der Waals surface area contributed by atoms with Crippen molar-refractivity contribution in [2.75, 3.05) is 6.61 Å². The smallest absolute Gasteiger partial charge is 0.124 e. The molecule has 0 aliphatic heterocycles. The maximum absolute atomic E-state index is 8.25. The van der Waals surface area contributed by atoms with Crippen LogP contribution in [0, 0.1) is 11.3 Å². The molecular formula is C4H9ClN2O. The van der Waals surface area contributed by atoms with E-state index in [1.54, 1.807) is 6.07 Å². The zero-order valence-corrected chi connectivity index (χ0v) is 5.40. The molecule has 0 aromatic rings. The Labute approximate surface area is 54.5 Å². The summed E-state index contributed by atoms with van der Waals surface area (Å²) in [4.78, 5) is 0. The summed E-state index contributed by atoms with van der Waals surface area (Å²) in [5.41, 5.74) is 4.05. The highest BCUT2D eigenvalue weighted by atomic mass is 35.5. The lowest BCUT2D eigenvalue weighted by atomic mass is 10.1. The van der Waals surface area contributed by atoms with Crippen LogP contribution in [0.2, 0.25) is 0 Å². The fourth-order valence-electron chi connectivity index (χ4n) is 0.0354. The van der Waals surface area contributed by atoms with E-state index in [1.165, 1.54) is 6.92 Å². The average Bonchev–Trinajstić information content (AvgIpc) is 1.68. The predicted molar refractivity (Wildman–Crippen MR) is 32.5 cm³/mol. The molecule has 1 unspecified atom stereocenters. The van der Waals surface area contributed by atoms with Crippen LogP contribution in [0.3, 0.4) is 0 Å². The molecule has 0 bridgehead atoms. The quantitative estimate of drug-likeness (QED) is 0.517. The van der Waals surface area contributed by atoms with E-state index in [0.717, 1.165) is 0 Å². The van der Waals surface area contributed by atoms with Gasteiger partial charge >= 0.3 is 0 Å². The van der Waals surface area contributed by atoms with E-state index in [4.69, 9.17) is 16.1 Å². The molecule has 1 atom stereocenters. The molecule has 48 valence electrons. The monoisotopic (exact) mass is 136 g/mol. The second kappa shape index (κ2) is 3.67. The first-order valence-corrected chi connectivity index (χ1v) is 1.93. The molecule has 0 saturated heterocycles. The lowest BCUT2D eigenvalue weighted by Crippen LogP contribution is -2.37. The summed E-state index contributed by atoms with van der Waals surface area (Å²) in [7, 11) is 0. The van der Waals surface area contributed by atoms with Crippen molar-refractivity contribution in [2.24, 2.45) is 5.73 Å². The molecule has 0 saturated carbocycles. The largest absolute Gasteiger partial charge is 0.393 e. The number of hydrogen-bond acceptors (Lipinski definition) is 3. The van der Waals surface area contributed by atoms with Gasteiger partial charge in [-0.25, -0.2) is 0 Å². The van der Waals surface area contributed by atoms with Crippen LogP contribution in [0.1, 0.15) is 6.92 Å². The van der Waals surface area contributed by atoms with Gasteiger partial charge in [-0.05, 0) is 6.92 Å². The number of halogens is 1. The summed E-state index contributed by atoms with van der Waals surface area (Å²) in [6.07, 6.45) is 0. The predicted octanol–water partition coefficient (Wildman–Crippen LogP) is -0.359. The standard InChI is InChI=1S/C4H8N2O.ClH/c1-4(6,2-5)3-7;/h7H,3,6H2,1H3;1H. The van der Waals surface area contributed by atoms with E-state index < -0.39 is 5.54 Å². The SMILES string of the molecule is CC(N)(C#N)CO.Cl. The van der Waals surface area contributed by atoms with Crippen LogP contribution in [0.25, 0.3) is 0 Å². The van der Waals surface area contributed by atoms with Gasteiger partial charge in [-0.1, -0.05) is 0 Å². The van der Waals surface area contributed by atoms with Gasteiger partial charge in [-0.15, -0.1) is 12.4 Å². The second-order valence-corrected chi connectivity index (χ2v) is 1.69. The van der Waals surface area contributed by atoms with Crippen LogP contribution < -0.4 is 5.73 Å². The van der Waals surface area contributed by atoms with E-state index in [-0.39, 0.29) is 19.0 Å². The van der Waals surface area contributed by atoms with E-state index in [9.17, 15) is 0 Å². The Balaban J connectivity index is 0. The third kappa shape index (κ3) is 3.88. The van der Waals surface area contributed by atoms with Crippen LogP contribution in [0.4, 0.5) is 0 Å². The number of nitriles is 1. The van der Waals surface area contributed by atoms with Crippen molar-refractivity contribution >= 4 is 12.4 Å². The molecular weight excluding hydrogens is 128 g/mol. The summed E-state index contributed by atoms with van der Waals surface area (Å²) in [5.74, 6) is 0. The van der Waals surface area contributed by atoms with Crippen LogP contribution in [-0.4, -0.2) is 17.3 Å². The zero-order chi connectivity index (χ0) is 5.91. The van der Waals surface area contributed by atoms with Crippen LogP contribution in [0.15, 0.2) is 0 Å². The first kappa shape index (κ1) is 10.6. The van der Waals surface area contributed by atoms with Gasteiger partial charge in [0.25, 0.3) is 0 Å². The highest BCUT2D eigenvalue weighted by molar-refractivity contribution is 5.85. The number of nitrogens with zero attached hydrogens (tertiary/aromatic N) is 1. The molecule has 0 aromatic heterocycles. The van der Waals surface area contributed by atoms with Crippen molar-refractivity contribution in [1.29, 1.82) is 5.26 Å². The molecule has 4 heteroatoms. The van der Waals surface area contributed by atoms with Crippen molar-refractivity contribution in [1.82, 2.24) is 0 Å². The van der Waals surface area contributed by atoms with Crippen LogP contribution >= 0.6 is 12.4 Å². The van der Waals surface area contributed by atoms with Gasteiger partial charge in [-0.3, -0.25) is 0 Å². The Morgan fingerprint density at radius 2 is 2.25 bits per heavy atom. The summed E-state index contributed by atoms with van der Waals surface area (Å²) < 4.78 is 0. The number of aliphatic hydroxyl groups excluding tert-OH is 1. The van der Waals surface area contributed by atoms with Gasteiger partial charge in [0.05, 0.1) is 12.7 Å². The van der Waals surface area contributed by atoms with Crippen molar-refractivity contribution in [2.45, 2.75) is 12.5 Å². The summed E-state index contributed by atoms with van der Waals surface area (Å²) in [5, 5.41) is 16.3. The van der Waals surface area contributed by atoms with Crippen molar-refractivity contribution in [3.63, 3.8) is 0 Å². The second-order valence-electron chi connectivity index (χ2n) is 1.69. The Morgan fingerprint density at radius 1 is 1.88 bits per heavy atom. The van der Waals surface area contributed by atoms with Gasteiger partial charge in [0.2, 0.25) is 0 Å². The third-order valence-electron chi connectivity index (χ3n) is 0.584. The van der Waals surface area contributed by atoms with E-state index in [0.29, 0.717) is 0 Å². The summed E-state index contributed by atoms with van der Waals surface area (Å²) >= 11 is 0. The average molecular weight is 137 g/mol. The Morgan fingerprint density at radius 3 is 2.25 bits per heavy atom. The lowest BCUT2D eigenvalue weighted by molar-refractivity contribution is 0.242. The van der Waals surface area contributed by atoms with Crippen LogP contribution in [0.5, 0.6) is 0 Å². The fourth-order valence-corrected chi connectivity index (χ4v) is 0.0354. The molecule has 8 heavy (non-hydrogen) atoms. The highest BCUT2D eigenvalue weighted by Crippen LogP contribution is 1.90. The normalized spacial score (nSPS) is 15.2. The number of aliphatic hydroxyl groups is 1. The minimum absolute atomic E-state index is 0. The van der Waals surface area contributed by atoms with Crippen LogP contribution in [-0.2, 0) is 0 Å². The number of rotatable bonds is 1. The van der Waals surface area contributed by atoms with Gasteiger partial charge in [-0.2, -0.15) is 5.26 Å². The summed E-state index contributed by atoms with van der Waals surface area (Å²) in [6, 6.07) is 1.72. The van der Waals surface area contributed by atoms with E-state index in [1.807, 2.05) is 0 Å². The summed E-state index contributed by atoms with van der Waals surface area (Å²) in [6.45, 7) is 1.18. The highest BCUT2D eigenvalue weighted by Gasteiger charge is 2.13. The van der Waals surface area contributed by atoms with Crippen molar-refractivity contribution < 1.29 is 5.11 Å². The Hall–Kier alpha value is -0.300. The van der Waals surface area contributed by atoms with Gasteiger partial charge in [0.15, 0.2) is 0 Å². The maximum atomic E-state index is 8.25. The van der Waals surface area contributed by atoms with Gasteiger partial charge in [0.1, 0.15) is 5.54 Å². The molecule has 0 amide bonds. The molecule has 0 spiro atoms. The molecule has 0 fully saturated rings. The molecule has 0 aromatic carbocycles. The molecule has 3 N–H and O–H groups in total. The molecule has 0 rings (SSSR count). The topological polar surface area (TPSA) is 70.0 Å². The molecule has 0 aliphatic carbocycles. The minimum Gasteiger partial charge on any atom is -0.393 e. The van der Waals surface area contributed by atoms with E-state index >= 15 is 0 Å². The zero-order valence-electron chi connectivity index (χ0n) is 4.59.